The summed E-state index contributed by atoms with van der Waals surface area (Å²) in [5, 5.41) is 2.22. The third-order valence-corrected chi connectivity index (χ3v) is 4.23. The minimum atomic E-state index is -1.15. The van der Waals surface area contributed by atoms with Crippen LogP contribution in [0.4, 0.5) is 16.2 Å². The zero-order valence-electron chi connectivity index (χ0n) is 14.6. The van der Waals surface area contributed by atoms with Crippen LogP contribution in [0.1, 0.15) is 18.1 Å². The van der Waals surface area contributed by atoms with Crippen molar-refractivity contribution in [2.45, 2.75) is 20.3 Å². The van der Waals surface area contributed by atoms with Gasteiger partial charge in [-0.05, 0) is 37.1 Å². The van der Waals surface area contributed by atoms with Crippen LogP contribution in [0, 0.1) is 12.8 Å². The molecule has 1 saturated heterocycles. The second-order valence-electron chi connectivity index (χ2n) is 6.04. The number of hydrogen-bond donors (Lipinski definition) is 1. The Morgan fingerprint density at radius 1 is 1.08 bits per heavy atom. The summed E-state index contributed by atoms with van der Waals surface area (Å²) in [6.07, 6.45) is 2.09. The number of anilines is 1. The molecule has 0 spiro atoms. The molecule has 132 valence electrons. The molecule has 1 aliphatic heterocycles. The predicted octanol–water partition coefficient (Wildman–Crippen LogP) is 3.16. The highest BCUT2D eigenvalue weighted by Crippen LogP contribution is 2.22. The molecule has 4 amide bonds. The molecule has 6 nitrogen and oxygen atoms in total. The molecule has 0 saturated carbocycles. The highest BCUT2D eigenvalue weighted by molar-refractivity contribution is 6.32. The van der Waals surface area contributed by atoms with Crippen molar-refractivity contribution >= 4 is 35.4 Å². The molecule has 0 bridgehead atoms. The maximum absolute atomic E-state index is 12.8. The van der Waals surface area contributed by atoms with Gasteiger partial charge in [-0.15, -0.1) is 0 Å². The van der Waals surface area contributed by atoms with Crippen LogP contribution in [0.5, 0.6) is 0 Å². The van der Waals surface area contributed by atoms with Gasteiger partial charge in [0, 0.05) is 6.21 Å². The molecule has 26 heavy (non-hydrogen) atoms. The fourth-order valence-electron chi connectivity index (χ4n) is 2.75. The smallest absolute Gasteiger partial charge is 0.276 e. The Morgan fingerprint density at radius 3 is 2.46 bits per heavy atom. The fourth-order valence-corrected chi connectivity index (χ4v) is 2.75. The molecule has 3 rings (SSSR count). The van der Waals surface area contributed by atoms with E-state index in [-0.39, 0.29) is 0 Å². The molecule has 2 aromatic rings. The number of rotatable bonds is 4. The molecule has 0 unspecified atom stereocenters. The largest absolute Gasteiger partial charge is 0.335 e. The van der Waals surface area contributed by atoms with E-state index < -0.39 is 23.8 Å². The Labute approximate surface area is 151 Å². The van der Waals surface area contributed by atoms with Gasteiger partial charge in [0.1, 0.15) is 0 Å². The topological polar surface area (TPSA) is 78.8 Å². The molecule has 0 aromatic heterocycles. The fraction of sp³-hybridized carbons (Fsp3) is 0.200. The number of aliphatic imine (C=N–C) groups is 1. The van der Waals surface area contributed by atoms with Crippen molar-refractivity contribution in [1.29, 1.82) is 0 Å². The van der Waals surface area contributed by atoms with Gasteiger partial charge in [-0.1, -0.05) is 42.8 Å². The number of benzene rings is 2. The third kappa shape index (κ3) is 3.39. The van der Waals surface area contributed by atoms with E-state index >= 15 is 0 Å². The number of imide groups is 2. The Kier molecular flexibility index (Phi) is 4.93. The summed E-state index contributed by atoms with van der Waals surface area (Å²) in [6, 6.07) is 13.7. The number of amides is 4. The lowest BCUT2D eigenvalue weighted by Crippen LogP contribution is -2.58. The van der Waals surface area contributed by atoms with E-state index in [2.05, 4.69) is 10.3 Å². The molecule has 1 heterocycles. The van der Waals surface area contributed by atoms with E-state index in [9.17, 15) is 14.4 Å². The van der Waals surface area contributed by atoms with Crippen molar-refractivity contribution in [1.82, 2.24) is 5.32 Å². The summed E-state index contributed by atoms with van der Waals surface area (Å²) in [4.78, 5) is 42.4. The van der Waals surface area contributed by atoms with E-state index in [4.69, 9.17) is 0 Å². The SMILES string of the molecule is CCc1ccccc1N=C[C@H]1C(=O)NC(=O)N(c2ccc(C)cc2)C1=O. The van der Waals surface area contributed by atoms with Gasteiger partial charge in [0.15, 0.2) is 5.92 Å². The molecule has 0 aliphatic carbocycles. The van der Waals surface area contributed by atoms with Crippen molar-refractivity contribution in [2.75, 3.05) is 4.90 Å². The molecular formula is C20H19N3O3. The van der Waals surface area contributed by atoms with Gasteiger partial charge in [0.25, 0.3) is 5.91 Å². The number of carbonyl (C=O) groups is 3. The lowest BCUT2D eigenvalue weighted by atomic mass is 10.1. The van der Waals surface area contributed by atoms with E-state index in [1.807, 2.05) is 38.1 Å². The van der Waals surface area contributed by atoms with Crippen LogP contribution in [-0.4, -0.2) is 24.1 Å². The zero-order valence-corrected chi connectivity index (χ0v) is 14.6. The number of para-hydroxylation sites is 1. The minimum absolute atomic E-state index is 0.415. The molecular weight excluding hydrogens is 330 g/mol. The maximum atomic E-state index is 12.8. The summed E-state index contributed by atoms with van der Waals surface area (Å²) in [6.45, 7) is 3.91. The molecule has 6 heteroatoms. The number of urea groups is 1. The first kappa shape index (κ1) is 17.5. The van der Waals surface area contributed by atoms with Crippen molar-refractivity contribution in [3.63, 3.8) is 0 Å². The second-order valence-corrected chi connectivity index (χ2v) is 6.04. The lowest BCUT2D eigenvalue weighted by Gasteiger charge is -2.28. The van der Waals surface area contributed by atoms with E-state index in [1.165, 1.54) is 6.21 Å². The normalized spacial score (nSPS) is 17.7. The Bertz CT molecular complexity index is 887. The van der Waals surface area contributed by atoms with Crippen molar-refractivity contribution in [3.8, 4) is 0 Å². The van der Waals surface area contributed by atoms with Gasteiger partial charge < -0.3 is 0 Å². The lowest BCUT2D eigenvalue weighted by molar-refractivity contribution is -0.131. The summed E-state index contributed by atoms with van der Waals surface area (Å²) in [7, 11) is 0. The van der Waals surface area contributed by atoms with Crippen LogP contribution in [0.3, 0.4) is 0 Å². The number of nitrogens with zero attached hydrogens (tertiary/aromatic N) is 2. The average Bonchev–Trinajstić information content (AvgIpc) is 2.63. The third-order valence-electron chi connectivity index (χ3n) is 4.23. The van der Waals surface area contributed by atoms with Gasteiger partial charge in [-0.3, -0.25) is 19.9 Å². The summed E-state index contributed by atoms with van der Waals surface area (Å²) in [5.41, 5.74) is 3.13. The summed E-state index contributed by atoms with van der Waals surface area (Å²) < 4.78 is 0. The second kappa shape index (κ2) is 7.31. The van der Waals surface area contributed by atoms with Gasteiger partial charge in [-0.25, -0.2) is 9.69 Å². The van der Waals surface area contributed by atoms with Gasteiger partial charge in [0.2, 0.25) is 5.91 Å². The molecule has 1 atom stereocenters. The summed E-state index contributed by atoms with van der Waals surface area (Å²) >= 11 is 0. The summed E-state index contributed by atoms with van der Waals surface area (Å²) in [5.74, 6) is -2.43. The van der Waals surface area contributed by atoms with Gasteiger partial charge in [-0.2, -0.15) is 0 Å². The Hall–Kier alpha value is -3.28. The quantitative estimate of drug-likeness (QED) is 0.680. The number of hydrogen-bond acceptors (Lipinski definition) is 4. The van der Waals surface area contributed by atoms with Crippen molar-refractivity contribution in [3.05, 3.63) is 59.7 Å². The number of carbonyl (C=O) groups excluding carboxylic acids is 3. The van der Waals surface area contributed by atoms with Crippen LogP contribution >= 0.6 is 0 Å². The standard InChI is InChI=1S/C20H19N3O3/c1-3-14-6-4-5-7-17(14)21-12-16-18(24)22-20(26)23(19(16)25)15-10-8-13(2)9-11-15/h4-12,16H,3H2,1-2H3,(H,22,24,26)/t16-/m0/s1. The number of barbiturate groups is 1. The number of nitrogens with one attached hydrogen (secondary N) is 1. The van der Waals surface area contributed by atoms with E-state index in [0.717, 1.165) is 22.4 Å². The number of aryl methyl sites for hydroxylation is 2. The Morgan fingerprint density at radius 2 is 1.77 bits per heavy atom. The molecule has 1 fully saturated rings. The highest BCUT2D eigenvalue weighted by atomic mass is 16.2. The van der Waals surface area contributed by atoms with Crippen molar-refractivity contribution in [2.24, 2.45) is 10.9 Å². The van der Waals surface area contributed by atoms with Crippen LogP contribution in [0.15, 0.2) is 53.5 Å². The highest BCUT2D eigenvalue weighted by Gasteiger charge is 2.40. The molecule has 0 radical (unpaired) electrons. The van der Waals surface area contributed by atoms with Crippen LogP contribution in [0.25, 0.3) is 0 Å². The van der Waals surface area contributed by atoms with Crippen molar-refractivity contribution < 1.29 is 14.4 Å². The molecule has 1 aliphatic rings. The van der Waals surface area contributed by atoms with Crippen LogP contribution in [0.2, 0.25) is 0 Å². The monoisotopic (exact) mass is 349 g/mol. The first-order valence-electron chi connectivity index (χ1n) is 8.39. The minimum Gasteiger partial charge on any atom is -0.276 e. The molecule has 1 N–H and O–H groups in total. The first-order chi connectivity index (χ1) is 12.5. The first-order valence-corrected chi connectivity index (χ1v) is 8.39. The van der Waals surface area contributed by atoms with E-state index in [1.54, 1.807) is 24.3 Å². The van der Waals surface area contributed by atoms with Crippen LogP contribution in [-0.2, 0) is 16.0 Å². The van der Waals surface area contributed by atoms with Gasteiger partial charge in [0.05, 0.1) is 11.4 Å². The average molecular weight is 349 g/mol. The maximum Gasteiger partial charge on any atom is 0.335 e. The van der Waals surface area contributed by atoms with E-state index in [0.29, 0.717) is 11.4 Å². The zero-order chi connectivity index (χ0) is 18.7. The predicted molar refractivity (Wildman–Crippen MR) is 99.7 cm³/mol. The van der Waals surface area contributed by atoms with Crippen LogP contribution < -0.4 is 10.2 Å². The molecule has 2 aromatic carbocycles. The van der Waals surface area contributed by atoms with Gasteiger partial charge >= 0.3 is 6.03 Å². The Balaban J connectivity index is 1.90.